The van der Waals surface area contributed by atoms with Crippen molar-refractivity contribution in [2.45, 2.75) is 18.6 Å². The molecule has 0 spiro atoms. The second-order valence-corrected chi connectivity index (χ2v) is 3.97. The molecule has 2 rings (SSSR count). The Kier molecular flexibility index (Phi) is 3.79. The second-order valence-electron chi connectivity index (χ2n) is 3.97. The molecule has 8 heteroatoms. The highest BCUT2D eigenvalue weighted by molar-refractivity contribution is 5.34. The van der Waals surface area contributed by atoms with Crippen molar-refractivity contribution in [3.05, 3.63) is 24.0 Å². The van der Waals surface area contributed by atoms with Crippen LogP contribution in [0, 0.1) is 5.82 Å². The Morgan fingerprint density at radius 3 is 2.63 bits per heavy atom. The number of nitrogens with one attached hydrogen (secondary N) is 1. The van der Waals surface area contributed by atoms with E-state index in [-0.39, 0.29) is 12.3 Å². The van der Waals surface area contributed by atoms with Crippen LogP contribution in [0.1, 0.15) is 0 Å². The van der Waals surface area contributed by atoms with E-state index in [1.54, 1.807) is 0 Å². The predicted molar refractivity (Wildman–Crippen MR) is 55.3 cm³/mol. The van der Waals surface area contributed by atoms with Crippen LogP contribution in [0.5, 0.6) is 11.5 Å². The van der Waals surface area contributed by atoms with Crippen LogP contribution < -0.4 is 14.8 Å². The van der Waals surface area contributed by atoms with Gasteiger partial charge in [-0.1, -0.05) is 0 Å². The first-order chi connectivity index (χ1) is 8.88. The van der Waals surface area contributed by atoms with E-state index in [2.05, 4.69) is 10.1 Å². The molecule has 3 nitrogen and oxygen atoms in total. The number of hydrogen-bond donors (Lipinski definition) is 1. The zero-order valence-electron chi connectivity index (χ0n) is 9.51. The van der Waals surface area contributed by atoms with Gasteiger partial charge in [-0.3, -0.25) is 0 Å². The molecule has 0 amide bonds. The Morgan fingerprint density at radius 2 is 2.05 bits per heavy atom. The SMILES string of the molecule is Fc1ccc(OC2CNCC2(F)F)cc1OC(F)F. The lowest BCUT2D eigenvalue weighted by atomic mass is 10.2. The van der Waals surface area contributed by atoms with Crippen LogP contribution in [0.15, 0.2) is 18.2 Å². The van der Waals surface area contributed by atoms with Gasteiger partial charge in [0.15, 0.2) is 17.7 Å². The van der Waals surface area contributed by atoms with E-state index >= 15 is 0 Å². The molecule has 0 radical (unpaired) electrons. The molecule has 1 atom stereocenters. The van der Waals surface area contributed by atoms with Gasteiger partial charge < -0.3 is 14.8 Å². The number of alkyl halides is 4. The molecule has 1 saturated heterocycles. The average molecular weight is 283 g/mol. The lowest BCUT2D eigenvalue weighted by Crippen LogP contribution is -2.36. The van der Waals surface area contributed by atoms with E-state index in [0.29, 0.717) is 0 Å². The van der Waals surface area contributed by atoms with Crippen LogP contribution in [0.4, 0.5) is 22.0 Å². The number of halogens is 5. The largest absolute Gasteiger partial charge is 0.483 e. The minimum atomic E-state index is -3.21. The van der Waals surface area contributed by atoms with Gasteiger partial charge in [0.05, 0.1) is 6.54 Å². The first-order valence-corrected chi connectivity index (χ1v) is 5.38. The van der Waals surface area contributed by atoms with Crippen LogP contribution in [0.2, 0.25) is 0 Å². The third-order valence-corrected chi connectivity index (χ3v) is 2.56. The highest BCUT2D eigenvalue weighted by atomic mass is 19.3. The minimum Gasteiger partial charge on any atom is -0.483 e. The van der Waals surface area contributed by atoms with E-state index in [9.17, 15) is 22.0 Å². The zero-order chi connectivity index (χ0) is 14.0. The van der Waals surface area contributed by atoms with Crippen molar-refractivity contribution in [3.8, 4) is 11.5 Å². The Bertz CT molecular complexity index is 455. The topological polar surface area (TPSA) is 30.5 Å². The molecule has 1 aliphatic heterocycles. The quantitative estimate of drug-likeness (QED) is 0.861. The van der Waals surface area contributed by atoms with Gasteiger partial charge in [-0.15, -0.1) is 0 Å². The maximum Gasteiger partial charge on any atom is 0.387 e. The summed E-state index contributed by atoms with van der Waals surface area (Å²) >= 11 is 0. The molecule has 0 saturated carbocycles. The van der Waals surface area contributed by atoms with Gasteiger partial charge in [-0.25, -0.2) is 13.2 Å². The van der Waals surface area contributed by atoms with Crippen molar-refractivity contribution < 1.29 is 31.4 Å². The lowest BCUT2D eigenvalue weighted by Gasteiger charge is -2.20. The Hall–Kier alpha value is -1.57. The van der Waals surface area contributed by atoms with Crippen molar-refractivity contribution in [2.24, 2.45) is 0 Å². The van der Waals surface area contributed by atoms with Crippen molar-refractivity contribution in [2.75, 3.05) is 13.1 Å². The second kappa shape index (κ2) is 5.20. The average Bonchev–Trinajstić information content (AvgIpc) is 2.62. The van der Waals surface area contributed by atoms with E-state index < -0.39 is 36.7 Å². The highest BCUT2D eigenvalue weighted by Crippen LogP contribution is 2.30. The number of benzene rings is 1. The van der Waals surface area contributed by atoms with E-state index in [0.717, 1.165) is 18.2 Å². The van der Waals surface area contributed by atoms with Crippen molar-refractivity contribution >= 4 is 0 Å². The third kappa shape index (κ3) is 3.25. The predicted octanol–water partition coefficient (Wildman–Crippen LogP) is 2.41. The fraction of sp³-hybridized carbons (Fsp3) is 0.455. The van der Waals surface area contributed by atoms with Crippen LogP contribution in [0.3, 0.4) is 0 Å². The van der Waals surface area contributed by atoms with Gasteiger partial charge in [0.1, 0.15) is 5.75 Å². The van der Waals surface area contributed by atoms with E-state index in [1.165, 1.54) is 0 Å². The number of ether oxygens (including phenoxy) is 2. The summed E-state index contributed by atoms with van der Waals surface area (Å²) in [6, 6.07) is 2.70. The summed E-state index contributed by atoms with van der Waals surface area (Å²) in [5, 5.41) is 2.44. The molecule has 0 bridgehead atoms. The fourth-order valence-electron chi connectivity index (χ4n) is 1.67. The van der Waals surface area contributed by atoms with Gasteiger partial charge in [0, 0.05) is 12.6 Å². The standard InChI is InChI=1S/C11H10F5NO2/c12-7-2-1-6(3-8(7)19-10(13)14)18-9-4-17-5-11(9,15)16/h1-3,9-10,17H,4-5H2. The van der Waals surface area contributed by atoms with Gasteiger partial charge in [0.25, 0.3) is 5.92 Å². The van der Waals surface area contributed by atoms with E-state index in [4.69, 9.17) is 4.74 Å². The summed E-state index contributed by atoms with van der Waals surface area (Å²) in [6.45, 7) is -3.83. The number of hydrogen-bond acceptors (Lipinski definition) is 3. The molecular weight excluding hydrogens is 273 g/mol. The monoisotopic (exact) mass is 283 g/mol. The molecule has 1 aromatic rings. The summed E-state index contributed by atoms with van der Waals surface area (Å²) in [7, 11) is 0. The normalized spacial score (nSPS) is 21.7. The Balaban J connectivity index is 2.13. The van der Waals surface area contributed by atoms with Crippen molar-refractivity contribution in [1.29, 1.82) is 0 Å². The molecule has 106 valence electrons. The van der Waals surface area contributed by atoms with Crippen LogP contribution >= 0.6 is 0 Å². The minimum absolute atomic E-state index is 0.0879. The van der Waals surface area contributed by atoms with Gasteiger partial charge in [0.2, 0.25) is 0 Å². The maximum atomic E-state index is 13.3. The maximum absolute atomic E-state index is 13.3. The van der Waals surface area contributed by atoms with Gasteiger partial charge in [-0.05, 0) is 12.1 Å². The molecule has 1 N–H and O–H groups in total. The smallest absolute Gasteiger partial charge is 0.387 e. The molecule has 1 heterocycles. The molecule has 1 aliphatic rings. The highest BCUT2D eigenvalue weighted by Gasteiger charge is 2.46. The van der Waals surface area contributed by atoms with Crippen LogP contribution in [-0.2, 0) is 0 Å². The lowest BCUT2D eigenvalue weighted by molar-refractivity contribution is -0.0616. The van der Waals surface area contributed by atoms with Crippen LogP contribution in [0.25, 0.3) is 0 Å². The van der Waals surface area contributed by atoms with Crippen molar-refractivity contribution in [1.82, 2.24) is 5.32 Å². The van der Waals surface area contributed by atoms with Crippen LogP contribution in [-0.4, -0.2) is 31.7 Å². The number of rotatable bonds is 4. The Morgan fingerprint density at radius 1 is 1.32 bits per heavy atom. The molecule has 0 aromatic heterocycles. The molecule has 1 unspecified atom stereocenters. The van der Waals surface area contributed by atoms with Gasteiger partial charge >= 0.3 is 6.61 Å². The first kappa shape index (κ1) is 13.9. The molecular formula is C11H10F5NO2. The van der Waals surface area contributed by atoms with E-state index in [1.807, 2.05) is 0 Å². The van der Waals surface area contributed by atoms with Crippen molar-refractivity contribution in [3.63, 3.8) is 0 Å². The fourth-order valence-corrected chi connectivity index (χ4v) is 1.67. The summed E-state index contributed by atoms with van der Waals surface area (Å²) in [5.74, 6) is -5.01. The third-order valence-electron chi connectivity index (χ3n) is 2.56. The zero-order valence-corrected chi connectivity index (χ0v) is 9.51. The Labute approximate surface area is 105 Å². The molecule has 0 aliphatic carbocycles. The summed E-state index contributed by atoms with van der Waals surface area (Å²) in [5.41, 5.74) is 0. The molecule has 19 heavy (non-hydrogen) atoms. The molecule has 1 aromatic carbocycles. The molecule has 1 fully saturated rings. The van der Waals surface area contributed by atoms with Gasteiger partial charge in [-0.2, -0.15) is 8.78 Å². The summed E-state index contributed by atoms with van der Waals surface area (Å²) in [4.78, 5) is 0. The summed E-state index contributed by atoms with van der Waals surface area (Å²) < 4.78 is 72.5. The summed E-state index contributed by atoms with van der Waals surface area (Å²) in [6.07, 6.45) is -1.43. The first-order valence-electron chi connectivity index (χ1n) is 5.38.